The topological polar surface area (TPSA) is 61.6 Å². The largest absolute Gasteiger partial charge is 0.399 e. The Morgan fingerprint density at radius 3 is 2.47 bits per heavy atom. The molecular weight excluding hydrogens is 372 g/mol. The van der Waals surface area contributed by atoms with Gasteiger partial charge in [0.2, 0.25) is 0 Å². The molecular formula is C25H36N4O. The van der Waals surface area contributed by atoms with Crippen LogP contribution in [0.4, 0.5) is 11.4 Å². The monoisotopic (exact) mass is 408 g/mol. The Labute approximate surface area is 181 Å². The van der Waals surface area contributed by atoms with Gasteiger partial charge in [0, 0.05) is 37.6 Å². The van der Waals surface area contributed by atoms with Gasteiger partial charge in [0.1, 0.15) is 0 Å². The number of benzene rings is 2. The van der Waals surface area contributed by atoms with Gasteiger partial charge in [-0.15, -0.1) is 0 Å². The molecule has 2 aromatic carbocycles. The molecule has 0 unspecified atom stereocenters. The fourth-order valence-corrected chi connectivity index (χ4v) is 4.30. The zero-order valence-electron chi connectivity index (χ0n) is 18.4. The summed E-state index contributed by atoms with van der Waals surface area (Å²) in [5, 5.41) is 3.08. The van der Waals surface area contributed by atoms with Crippen molar-refractivity contribution in [2.24, 2.45) is 5.92 Å². The van der Waals surface area contributed by atoms with Gasteiger partial charge in [-0.1, -0.05) is 44.2 Å². The van der Waals surface area contributed by atoms with E-state index in [4.69, 9.17) is 5.73 Å². The Bertz CT molecular complexity index is 796. The fraction of sp³-hybridized carbons (Fsp3) is 0.480. The van der Waals surface area contributed by atoms with Crippen LogP contribution in [0, 0.1) is 5.92 Å². The van der Waals surface area contributed by atoms with Gasteiger partial charge in [0.15, 0.2) is 0 Å². The maximum absolute atomic E-state index is 12.9. The van der Waals surface area contributed by atoms with Crippen LogP contribution >= 0.6 is 0 Å². The Hall–Kier alpha value is -2.53. The average Bonchev–Trinajstić information content (AvgIpc) is 2.78. The minimum atomic E-state index is -0.0316. The Morgan fingerprint density at radius 1 is 1.10 bits per heavy atom. The van der Waals surface area contributed by atoms with Gasteiger partial charge >= 0.3 is 0 Å². The van der Waals surface area contributed by atoms with Crippen molar-refractivity contribution >= 4 is 17.3 Å². The normalized spacial score (nSPS) is 14.8. The molecule has 0 atom stereocenters. The third-order valence-electron chi connectivity index (χ3n) is 6.20. The highest BCUT2D eigenvalue weighted by Crippen LogP contribution is 2.29. The molecule has 5 heteroatoms. The number of nitrogens with one attached hydrogen (secondary N) is 1. The lowest BCUT2D eigenvalue weighted by Crippen LogP contribution is -2.38. The lowest BCUT2D eigenvalue weighted by molar-refractivity contribution is 0.0949. The van der Waals surface area contributed by atoms with E-state index in [9.17, 15) is 4.79 Å². The summed E-state index contributed by atoms with van der Waals surface area (Å²) in [6, 6.07) is 16.5. The number of nitrogens with zero attached hydrogens (tertiary/aromatic N) is 2. The third kappa shape index (κ3) is 5.99. The second-order valence-electron chi connectivity index (χ2n) is 8.18. The van der Waals surface area contributed by atoms with Crippen molar-refractivity contribution in [1.29, 1.82) is 0 Å². The summed E-state index contributed by atoms with van der Waals surface area (Å²) in [5.74, 6) is 0.666. The Kier molecular flexibility index (Phi) is 8.14. The van der Waals surface area contributed by atoms with Crippen LogP contribution in [-0.4, -0.2) is 50.1 Å². The second-order valence-corrected chi connectivity index (χ2v) is 8.18. The van der Waals surface area contributed by atoms with Crippen molar-refractivity contribution in [3.63, 3.8) is 0 Å². The number of anilines is 2. The lowest BCUT2D eigenvalue weighted by atomic mass is 9.89. The van der Waals surface area contributed by atoms with Crippen molar-refractivity contribution in [3.05, 3.63) is 59.7 Å². The SMILES string of the molecule is CCN(CC)CCNC(=O)c1cc(N)ccc1N1CCC(Cc2ccccc2)CC1. The molecule has 1 fully saturated rings. The van der Waals surface area contributed by atoms with E-state index in [-0.39, 0.29) is 5.91 Å². The number of carbonyl (C=O) groups excluding carboxylic acids is 1. The minimum Gasteiger partial charge on any atom is -0.399 e. The number of amides is 1. The quantitative estimate of drug-likeness (QED) is 0.620. The van der Waals surface area contributed by atoms with Gasteiger partial charge < -0.3 is 20.9 Å². The predicted octanol–water partition coefficient (Wildman–Crippen LogP) is 3.80. The molecule has 1 heterocycles. The highest BCUT2D eigenvalue weighted by atomic mass is 16.1. The molecule has 162 valence electrons. The minimum absolute atomic E-state index is 0.0316. The first-order valence-electron chi connectivity index (χ1n) is 11.3. The van der Waals surface area contributed by atoms with Gasteiger partial charge in [-0.3, -0.25) is 4.79 Å². The van der Waals surface area contributed by atoms with Crippen LogP contribution in [-0.2, 0) is 6.42 Å². The van der Waals surface area contributed by atoms with E-state index >= 15 is 0 Å². The van der Waals surface area contributed by atoms with Crippen LogP contribution in [0.15, 0.2) is 48.5 Å². The van der Waals surface area contributed by atoms with Crippen LogP contribution in [0.1, 0.15) is 42.6 Å². The maximum Gasteiger partial charge on any atom is 0.253 e. The van der Waals surface area contributed by atoms with E-state index in [1.54, 1.807) is 0 Å². The summed E-state index contributed by atoms with van der Waals surface area (Å²) in [5.41, 5.74) is 9.75. The summed E-state index contributed by atoms with van der Waals surface area (Å²) in [7, 11) is 0. The van der Waals surface area contributed by atoms with Crippen molar-refractivity contribution < 1.29 is 4.79 Å². The smallest absolute Gasteiger partial charge is 0.253 e. The van der Waals surface area contributed by atoms with Gasteiger partial charge in [0.25, 0.3) is 5.91 Å². The summed E-state index contributed by atoms with van der Waals surface area (Å²) in [6.45, 7) is 9.73. The first kappa shape index (κ1) is 22.2. The zero-order valence-corrected chi connectivity index (χ0v) is 18.4. The first-order chi connectivity index (χ1) is 14.6. The van der Waals surface area contributed by atoms with Crippen molar-refractivity contribution in [2.45, 2.75) is 33.1 Å². The maximum atomic E-state index is 12.9. The van der Waals surface area contributed by atoms with E-state index in [0.29, 0.717) is 23.7 Å². The highest BCUT2D eigenvalue weighted by Gasteiger charge is 2.23. The van der Waals surface area contributed by atoms with Crippen molar-refractivity contribution in [3.8, 4) is 0 Å². The molecule has 1 saturated heterocycles. The summed E-state index contributed by atoms with van der Waals surface area (Å²) in [4.78, 5) is 17.6. The molecule has 1 aliphatic rings. The van der Waals surface area contributed by atoms with Gasteiger partial charge in [0.05, 0.1) is 5.56 Å². The molecule has 0 aliphatic carbocycles. The number of hydrogen-bond acceptors (Lipinski definition) is 4. The molecule has 0 aromatic heterocycles. The summed E-state index contributed by atoms with van der Waals surface area (Å²) < 4.78 is 0. The van der Waals surface area contributed by atoms with Gasteiger partial charge in [-0.05, 0) is 62.0 Å². The standard InChI is InChI=1S/C25H36N4O/c1-3-28(4-2)17-14-27-25(30)23-19-22(26)10-11-24(23)29-15-12-21(13-16-29)18-20-8-6-5-7-9-20/h5-11,19,21H,3-4,12-18,26H2,1-2H3,(H,27,30). The summed E-state index contributed by atoms with van der Waals surface area (Å²) >= 11 is 0. The summed E-state index contributed by atoms with van der Waals surface area (Å²) in [6.07, 6.45) is 3.42. The number of nitrogens with two attached hydrogens (primary N) is 1. The van der Waals surface area contributed by atoms with Crippen LogP contribution in [0.25, 0.3) is 0 Å². The number of rotatable bonds is 9. The predicted molar refractivity (Wildman–Crippen MR) is 126 cm³/mol. The molecule has 0 saturated carbocycles. The number of piperidine rings is 1. The second kappa shape index (κ2) is 11.0. The lowest BCUT2D eigenvalue weighted by Gasteiger charge is -2.35. The van der Waals surface area contributed by atoms with E-state index in [2.05, 4.69) is 59.3 Å². The number of carbonyl (C=O) groups is 1. The number of likely N-dealkylation sites (N-methyl/N-ethyl adjacent to an activating group) is 1. The van der Waals surface area contributed by atoms with Crippen LogP contribution < -0.4 is 16.0 Å². The van der Waals surface area contributed by atoms with Crippen LogP contribution in [0.3, 0.4) is 0 Å². The van der Waals surface area contributed by atoms with Crippen molar-refractivity contribution in [2.75, 3.05) is 49.9 Å². The van der Waals surface area contributed by atoms with E-state index in [0.717, 1.165) is 57.7 Å². The van der Waals surface area contributed by atoms with Gasteiger partial charge in [-0.25, -0.2) is 0 Å². The highest BCUT2D eigenvalue weighted by molar-refractivity contribution is 6.00. The fourth-order valence-electron chi connectivity index (χ4n) is 4.30. The van der Waals surface area contributed by atoms with E-state index < -0.39 is 0 Å². The molecule has 0 bridgehead atoms. The average molecular weight is 409 g/mol. The molecule has 3 N–H and O–H groups in total. The first-order valence-corrected chi connectivity index (χ1v) is 11.3. The number of nitrogen functional groups attached to an aromatic ring is 1. The Morgan fingerprint density at radius 2 is 1.80 bits per heavy atom. The molecule has 1 aliphatic heterocycles. The van der Waals surface area contributed by atoms with E-state index in [1.807, 2.05) is 18.2 Å². The third-order valence-corrected chi connectivity index (χ3v) is 6.20. The van der Waals surface area contributed by atoms with E-state index in [1.165, 1.54) is 5.56 Å². The molecule has 0 spiro atoms. The van der Waals surface area contributed by atoms with Gasteiger partial charge in [-0.2, -0.15) is 0 Å². The molecule has 0 radical (unpaired) electrons. The number of hydrogen-bond donors (Lipinski definition) is 2. The molecule has 2 aromatic rings. The zero-order chi connectivity index (χ0) is 21.3. The van der Waals surface area contributed by atoms with Crippen LogP contribution in [0.5, 0.6) is 0 Å². The Balaban J connectivity index is 1.60. The molecule has 3 rings (SSSR count). The van der Waals surface area contributed by atoms with Crippen molar-refractivity contribution in [1.82, 2.24) is 10.2 Å². The molecule has 5 nitrogen and oxygen atoms in total. The van der Waals surface area contributed by atoms with Crippen LogP contribution in [0.2, 0.25) is 0 Å². The molecule has 30 heavy (non-hydrogen) atoms. The molecule has 1 amide bonds.